The third-order valence-electron chi connectivity index (χ3n) is 3.75. The van der Waals surface area contributed by atoms with Crippen LogP contribution < -0.4 is 10.6 Å². The van der Waals surface area contributed by atoms with E-state index in [9.17, 15) is 0 Å². The van der Waals surface area contributed by atoms with E-state index in [0.29, 0.717) is 17.1 Å². The van der Waals surface area contributed by atoms with E-state index >= 15 is 0 Å². The van der Waals surface area contributed by atoms with Gasteiger partial charge in [0.15, 0.2) is 0 Å². The smallest absolute Gasteiger partial charge is 0.129 e. The van der Waals surface area contributed by atoms with Crippen molar-refractivity contribution in [2.45, 2.75) is 25.8 Å². The molecule has 0 bridgehead atoms. The summed E-state index contributed by atoms with van der Waals surface area (Å²) in [5.74, 6) is 0.466. The van der Waals surface area contributed by atoms with E-state index in [1.807, 2.05) is 12.3 Å². The van der Waals surface area contributed by atoms with Gasteiger partial charge < -0.3 is 10.6 Å². The molecule has 1 aliphatic heterocycles. The second-order valence-corrected chi connectivity index (χ2v) is 5.93. The highest BCUT2D eigenvalue weighted by Crippen LogP contribution is 2.35. The summed E-state index contributed by atoms with van der Waals surface area (Å²) in [5.41, 5.74) is 8.40. The molecule has 2 heterocycles. The van der Waals surface area contributed by atoms with Gasteiger partial charge in [0.2, 0.25) is 0 Å². The first kappa shape index (κ1) is 12.7. The van der Waals surface area contributed by atoms with Crippen molar-refractivity contribution in [2.24, 2.45) is 5.73 Å². The van der Waals surface area contributed by atoms with Crippen molar-refractivity contribution in [1.29, 1.82) is 0 Å². The van der Waals surface area contributed by atoms with Crippen molar-refractivity contribution in [1.82, 2.24) is 4.98 Å². The Hall–Kier alpha value is -1.32. The summed E-state index contributed by atoms with van der Waals surface area (Å²) in [7, 11) is 0. The lowest BCUT2D eigenvalue weighted by Gasteiger charge is -2.39. The van der Waals surface area contributed by atoms with E-state index in [1.54, 1.807) is 0 Å². The van der Waals surface area contributed by atoms with Gasteiger partial charge in [0.1, 0.15) is 5.15 Å². The fraction of sp³-hybridized carbons (Fsp3) is 0.400. The van der Waals surface area contributed by atoms with Crippen LogP contribution in [0.2, 0.25) is 5.15 Å². The van der Waals surface area contributed by atoms with Crippen LogP contribution in [0.1, 0.15) is 25.3 Å². The maximum Gasteiger partial charge on any atom is 0.129 e. The summed E-state index contributed by atoms with van der Waals surface area (Å²) >= 11 is 6.05. The Morgan fingerprint density at radius 3 is 2.68 bits per heavy atom. The minimum atomic E-state index is 0.292. The van der Waals surface area contributed by atoms with E-state index in [0.717, 1.165) is 13.1 Å². The highest BCUT2D eigenvalue weighted by molar-refractivity contribution is 6.30. The molecule has 0 atom stereocenters. The Morgan fingerprint density at radius 2 is 2.05 bits per heavy atom. The topological polar surface area (TPSA) is 42.1 Å². The minimum Gasteiger partial charge on any atom is -0.368 e. The Labute approximate surface area is 118 Å². The fourth-order valence-electron chi connectivity index (χ4n) is 2.71. The maximum atomic E-state index is 6.05. The lowest BCUT2D eigenvalue weighted by molar-refractivity contribution is 0.521. The third kappa shape index (κ3) is 2.17. The number of rotatable bonds is 2. The number of nitrogens with zero attached hydrogens (tertiary/aromatic N) is 2. The molecule has 0 aliphatic carbocycles. The second kappa shape index (κ2) is 4.66. The van der Waals surface area contributed by atoms with Crippen molar-refractivity contribution in [3.05, 3.63) is 35.1 Å². The molecule has 100 valence electrons. The SMILES string of the molecule is CC(C)c1ccc(N2CC(N)C2)c2cnc(Cl)cc12. The number of benzene rings is 1. The summed E-state index contributed by atoms with van der Waals surface area (Å²) in [6, 6.07) is 6.64. The Bertz CT molecular complexity index is 618. The molecule has 3 nitrogen and oxygen atoms in total. The van der Waals surface area contributed by atoms with E-state index in [1.165, 1.54) is 22.0 Å². The zero-order valence-electron chi connectivity index (χ0n) is 11.2. The van der Waals surface area contributed by atoms with Crippen molar-refractivity contribution in [2.75, 3.05) is 18.0 Å². The molecule has 1 aromatic heterocycles. The van der Waals surface area contributed by atoms with Gasteiger partial charge in [0.25, 0.3) is 0 Å². The van der Waals surface area contributed by atoms with Gasteiger partial charge >= 0.3 is 0 Å². The van der Waals surface area contributed by atoms with Crippen molar-refractivity contribution in [3.8, 4) is 0 Å². The summed E-state index contributed by atoms with van der Waals surface area (Å²) in [4.78, 5) is 6.53. The largest absolute Gasteiger partial charge is 0.368 e. The molecular formula is C15H18ClN3. The predicted octanol–water partition coefficient (Wildman–Crippen LogP) is 3.16. The molecule has 2 N–H and O–H groups in total. The number of aromatic nitrogens is 1. The van der Waals surface area contributed by atoms with Crippen LogP contribution in [0, 0.1) is 0 Å². The number of nitrogens with two attached hydrogens (primary N) is 1. The molecule has 19 heavy (non-hydrogen) atoms. The molecule has 3 rings (SSSR count). The Kier molecular flexibility index (Phi) is 3.11. The first-order chi connectivity index (χ1) is 9.06. The summed E-state index contributed by atoms with van der Waals surface area (Å²) < 4.78 is 0. The zero-order valence-corrected chi connectivity index (χ0v) is 12.0. The molecule has 4 heteroatoms. The van der Waals surface area contributed by atoms with Crippen LogP contribution in [-0.2, 0) is 0 Å². The number of fused-ring (bicyclic) bond motifs is 1. The monoisotopic (exact) mass is 275 g/mol. The first-order valence-electron chi connectivity index (χ1n) is 6.65. The number of pyridine rings is 1. The molecule has 0 saturated carbocycles. The molecule has 1 saturated heterocycles. The van der Waals surface area contributed by atoms with Gasteiger partial charge in [-0.25, -0.2) is 4.98 Å². The predicted molar refractivity (Wildman–Crippen MR) is 81.0 cm³/mol. The number of halogens is 1. The van der Waals surface area contributed by atoms with Crippen molar-refractivity contribution >= 4 is 28.1 Å². The van der Waals surface area contributed by atoms with Gasteiger partial charge in [-0.05, 0) is 29.0 Å². The molecular weight excluding hydrogens is 258 g/mol. The van der Waals surface area contributed by atoms with E-state index in [4.69, 9.17) is 17.3 Å². The van der Waals surface area contributed by atoms with Gasteiger partial charge in [0.05, 0.1) is 0 Å². The lowest BCUT2D eigenvalue weighted by atomic mass is 9.95. The van der Waals surface area contributed by atoms with Gasteiger partial charge in [-0.1, -0.05) is 31.5 Å². The molecule has 1 aliphatic rings. The highest BCUT2D eigenvalue weighted by atomic mass is 35.5. The number of hydrogen-bond acceptors (Lipinski definition) is 3. The molecule has 2 aromatic rings. The molecule has 1 aromatic carbocycles. The summed E-state index contributed by atoms with van der Waals surface area (Å²) in [5, 5.41) is 2.92. The Balaban J connectivity index is 2.17. The third-order valence-corrected chi connectivity index (χ3v) is 3.96. The Morgan fingerprint density at radius 1 is 1.32 bits per heavy atom. The van der Waals surface area contributed by atoms with Gasteiger partial charge in [-0.2, -0.15) is 0 Å². The van der Waals surface area contributed by atoms with E-state index in [-0.39, 0.29) is 0 Å². The van der Waals surface area contributed by atoms with Crippen LogP contribution in [0.3, 0.4) is 0 Å². The van der Waals surface area contributed by atoms with E-state index < -0.39 is 0 Å². The van der Waals surface area contributed by atoms with Gasteiger partial charge in [0, 0.05) is 36.4 Å². The van der Waals surface area contributed by atoms with Crippen LogP contribution >= 0.6 is 11.6 Å². The van der Waals surface area contributed by atoms with Crippen LogP contribution in [0.4, 0.5) is 5.69 Å². The second-order valence-electron chi connectivity index (χ2n) is 5.55. The minimum absolute atomic E-state index is 0.292. The van der Waals surface area contributed by atoms with Crippen molar-refractivity contribution in [3.63, 3.8) is 0 Å². The number of hydrogen-bond donors (Lipinski definition) is 1. The molecule has 1 fully saturated rings. The van der Waals surface area contributed by atoms with Gasteiger partial charge in [-0.3, -0.25) is 0 Å². The van der Waals surface area contributed by atoms with E-state index in [2.05, 4.69) is 35.9 Å². The number of anilines is 1. The zero-order chi connectivity index (χ0) is 13.6. The van der Waals surface area contributed by atoms with Crippen molar-refractivity contribution < 1.29 is 0 Å². The van der Waals surface area contributed by atoms with Crippen LogP contribution in [0.25, 0.3) is 10.8 Å². The maximum absolute atomic E-state index is 6.05. The molecule has 0 unspecified atom stereocenters. The van der Waals surface area contributed by atoms with Crippen LogP contribution in [0.5, 0.6) is 0 Å². The van der Waals surface area contributed by atoms with Crippen LogP contribution in [0.15, 0.2) is 24.4 Å². The molecule has 0 spiro atoms. The average Bonchev–Trinajstić information content (AvgIpc) is 2.33. The normalized spacial score (nSPS) is 16.2. The average molecular weight is 276 g/mol. The molecule has 0 radical (unpaired) electrons. The van der Waals surface area contributed by atoms with Gasteiger partial charge in [-0.15, -0.1) is 0 Å². The summed E-state index contributed by atoms with van der Waals surface area (Å²) in [6.45, 7) is 6.22. The lowest BCUT2D eigenvalue weighted by Crippen LogP contribution is -2.55. The highest BCUT2D eigenvalue weighted by Gasteiger charge is 2.25. The standard InChI is InChI=1S/C15H18ClN3/c1-9(2)11-3-4-14(19-7-10(17)8-19)13-6-18-15(16)5-12(11)13/h3-6,9-10H,7-8,17H2,1-2H3. The first-order valence-corrected chi connectivity index (χ1v) is 7.02. The molecule has 0 amide bonds. The van der Waals surface area contributed by atoms with Crippen LogP contribution in [-0.4, -0.2) is 24.1 Å². The quantitative estimate of drug-likeness (QED) is 0.856. The summed E-state index contributed by atoms with van der Waals surface area (Å²) in [6.07, 6.45) is 1.88. The fourth-order valence-corrected chi connectivity index (χ4v) is 2.87.